The van der Waals surface area contributed by atoms with Gasteiger partial charge in [0, 0.05) is 33.1 Å². The van der Waals surface area contributed by atoms with Gasteiger partial charge in [-0.05, 0) is 25.1 Å². The van der Waals surface area contributed by atoms with Gasteiger partial charge >= 0.3 is 0 Å². The molecule has 4 rings (SSSR count). The number of para-hydroxylation sites is 1. The van der Waals surface area contributed by atoms with Crippen LogP contribution in [0.5, 0.6) is 17.2 Å². The summed E-state index contributed by atoms with van der Waals surface area (Å²) in [5.41, 5.74) is 4.08. The number of ether oxygens (including phenoxy) is 3. The maximum atomic E-state index is 12.6. The molecule has 0 unspecified atom stereocenters. The maximum absolute atomic E-state index is 12.6. The zero-order valence-corrected chi connectivity index (χ0v) is 20.0. The summed E-state index contributed by atoms with van der Waals surface area (Å²) in [5, 5.41) is 8.75. The van der Waals surface area contributed by atoms with Crippen molar-refractivity contribution in [2.24, 2.45) is 0 Å². The number of hydrogen-bond acceptors (Lipinski definition) is 7. The third-order valence-electron chi connectivity index (χ3n) is 5.24. The van der Waals surface area contributed by atoms with Crippen LogP contribution in [0.25, 0.3) is 22.2 Å². The van der Waals surface area contributed by atoms with Gasteiger partial charge < -0.3 is 29.8 Å². The zero-order valence-electron chi connectivity index (χ0n) is 19.1. The lowest BCUT2D eigenvalue weighted by molar-refractivity contribution is -0.115. The van der Waals surface area contributed by atoms with Crippen molar-refractivity contribution in [2.75, 3.05) is 33.2 Å². The fourth-order valence-corrected chi connectivity index (χ4v) is 4.41. The molecule has 2 aromatic heterocycles. The van der Waals surface area contributed by atoms with Gasteiger partial charge in [-0.15, -0.1) is 11.3 Å². The average Bonchev–Trinajstić information content (AvgIpc) is 3.43. The Kier molecular flexibility index (Phi) is 6.69. The Balaban J connectivity index is 1.42. The minimum Gasteiger partial charge on any atom is -0.493 e. The Hall–Kier alpha value is -4.05. The second kappa shape index (κ2) is 9.84. The molecule has 176 valence electrons. The first kappa shape index (κ1) is 23.1. The van der Waals surface area contributed by atoms with Crippen molar-refractivity contribution in [1.29, 1.82) is 0 Å². The summed E-state index contributed by atoms with van der Waals surface area (Å²) in [6.07, 6.45) is 0. The normalized spacial score (nSPS) is 10.7. The number of thiazole rings is 1. The van der Waals surface area contributed by atoms with E-state index in [2.05, 4.69) is 20.6 Å². The lowest BCUT2D eigenvalue weighted by Gasteiger charge is -2.14. The molecule has 2 aromatic carbocycles. The van der Waals surface area contributed by atoms with Crippen molar-refractivity contribution >= 4 is 39.2 Å². The van der Waals surface area contributed by atoms with Crippen LogP contribution in [0.3, 0.4) is 0 Å². The number of carbonyl (C=O) groups is 2. The molecule has 0 saturated heterocycles. The highest BCUT2D eigenvalue weighted by molar-refractivity contribution is 7.14. The molecule has 0 bridgehead atoms. The number of H-pyrrole nitrogens is 1. The number of anilines is 1. The number of aromatic nitrogens is 2. The molecule has 0 fully saturated rings. The van der Waals surface area contributed by atoms with Crippen LogP contribution in [0.4, 0.5) is 5.13 Å². The quantitative estimate of drug-likeness (QED) is 0.351. The standard InChI is InChI=1S/C24H24N4O5S/c1-13-21(15-7-5-6-8-16(15)26-13)17-12-34-24(27-17)28-20(29)11-25-23(30)14-9-18(31-2)22(33-4)19(10-14)32-3/h5-10,12,26H,11H2,1-4H3,(H,25,30)(H,27,28,29). The number of benzene rings is 2. The molecule has 0 atom stereocenters. The van der Waals surface area contributed by atoms with Gasteiger partial charge in [-0.1, -0.05) is 18.2 Å². The van der Waals surface area contributed by atoms with Gasteiger partial charge in [0.2, 0.25) is 11.7 Å². The smallest absolute Gasteiger partial charge is 0.251 e. The monoisotopic (exact) mass is 480 g/mol. The van der Waals surface area contributed by atoms with E-state index in [4.69, 9.17) is 14.2 Å². The highest BCUT2D eigenvalue weighted by atomic mass is 32.1. The van der Waals surface area contributed by atoms with E-state index < -0.39 is 11.8 Å². The van der Waals surface area contributed by atoms with Crippen LogP contribution >= 0.6 is 11.3 Å². The lowest BCUT2D eigenvalue weighted by Crippen LogP contribution is -2.32. The molecular weight excluding hydrogens is 456 g/mol. The minimum absolute atomic E-state index is 0.226. The Morgan fingerprint density at radius 2 is 1.76 bits per heavy atom. The molecule has 9 nitrogen and oxygen atoms in total. The van der Waals surface area contributed by atoms with Gasteiger partial charge in [-0.2, -0.15) is 0 Å². The first-order chi connectivity index (χ1) is 16.4. The summed E-state index contributed by atoms with van der Waals surface area (Å²) in [4.78, 5) is 32.9. The molecular formula is C24H24N4O5S. The van der Waals surface area contributed by atoms with E-state index in [-0.39, 0.29) is 12.1 Å². The van der Waals surface area contributed by atoms with Crippen molar-refractivity contribution in [3.63, 3.8) is 0 Å². The third kappa shape index (κ3) is 4.53. The largest absolute Gasteiger partial charge is 0.493 e. The van der Waals surface area contributed by atoms with Crippen LogP contribution in [-0.4, -0.2) is 49.7 Å². The summed E-state index contributed by atoms with van der Waals surface area (Å²) >= 11 is 1.32. The molecule has 3 N–H and O–H groups in total. The number of fused-ring (bicyclic) bond motifs is 1. The van der Waals surface area contributed by atoms with E-state index in [0.29, 0.717) is 22.4 Å². The van der Waals surface area contributed by atoms with Crippen molar-refractivity contribution in [3.8, 4) is 28.5 Å². The van der Waals surface area contributed by atoms with Crippen molar-refractivity contribution in [1.82, 2.24) is 15.3 Å². The van der Waals surface area contributed by atoms with Crippen LogP contribution in [-0.2, 0) is 4.79 Å². The molecule has 10 heteroatoms. The second-order valence-corrected chi connectivity index (χ2v) is 8.21. The average molecular weight is 481 g/mol. The molecule has 34 heavy (non-hydrogen) atoms. The summed E-state index contributed by atoms with van der Waals surface area (Å²) in [5.74, 6) is 0.226. The Bertz CT molecular complexity index is 1340. The van der Waals surface area contributed by atoms with Crippen LogP contribution in [0.2, 0.25) is 0 Å². The van der Waals surface area contributed by atoms with E-state index in [1.54, 1.807) is 0 Å². The van der Waals surface area contributed by atoms with Gasteiger partial charge in [-0.3, -0.25) is 9.59 Å². The molecule has 2 heterocycles. The maximum Gasteiger partial charge on any atom is 0.251 e. The van der Waals surface area contributed by atoms with E-state index in [1.807, 2.05) is 36.6 Å². The Morgan fingerprint density at radius 1 is 1.06 bits per heavy atom. The van der Waals surface area contributed by atoms with Crippen LogP contribution in [0.15, 0.2) is 41.8 Å². The Labute approximate surface area is 200 Å². The number of nitrogens with one attached hydrogen (secondary N) is 3. The number of nitrogens with zero attached hydrogens (tertiary/aromatic N) is 1. The number of carbonyl (C=O) groups excluding carboxylic acids is 2. The van der Waals surface area contributed by atoms with Gasteiger partial charge in [0.15, 0.2) is 16.6 Å². The van der Waals surface area contributed by atoms with Gasteiger partial charge in [-0.25, -0.2) is 4.98 Å². The number of hydrogen-bond donors (Lipinski definition) is 3. The zero-order chi connectivity index (χ0) is 24.2. The first-order valence-electron chi connectivity index (χ1n) is 10.4. The highest BCUT2D eigenvalue weighted by Gasteiger charge is 2.18. The summed E-state index contributed by atoms with van der Waals surface area (Å²) in [7, 11) is 4.41. The molecule has 0 saturated carbocycles. The van der Waals surface area contributed by atoms with Crippen LogP contribution in [0.1, 0.15) is 16.1 Å². The lowest BCUT2D eigenvalue weighted by atomic mass is 10.1. The summed E-state index contributed by atoms with van der Waals surface area (Å²) in [6.45, 7) is 1.77. The number of aryl methyl sites for hydroxylation is 1. The minimum atomic E-state index is -0.455. The molecule has 0 spiro atoms. The van der Waals surface area contributed by atoms with E-state index in [9.17, 15) is 9.59 Å². The van der Waals surface area contributed by atoms with Crippen LogP contribution in [0, 0.1) is 6.92 Å². The fourth-order valence-electron chi connectivity index (χ4n) is 3.69. The molecule has 4 aromatic rings. The number of rotatable bonds is 8. The molecule has 0 aliphatic rings. The topological polar surface area (TPSA) is 115 Å². The molecule has 0 aliphatic carbocycles. The van der Waals surface area contributed by atoms with Gasteiger partial charge in [0.05, 0.1) is 33.6 Å². The predicted molar refractivity (Wildman–Crippen MR) is 131 cm³/mol. The number of aromatic amines is 1. The predicted octanol–water partition coefficient (Wildman–Crippen LogP) is 3.99. The van der Waals surface area contributed by atoms with E-state index >= 15 is 0 Å². The molecule has 2 amide bonds. The second-order valence-electron chi connectivity index (χ2n) is 7.35. The Morgan fingerprint density at radius 3 is 2.44 bits per heavy atom. The number of methoxy groups -OCH3 is 3. The first-order valence-corrected chi connectivity index (χ1v) is 11.2. The van der Waals surface area contributed by atoms with Crippen molar-refractivity contribution in [3.05, 3.63) is 53.0 Å². The summed E-state index contributed by atoms with van der Waals surface area (Å²) < 4.78 is 15.8. The molecule has 0 radical (unpaired) electrons. The van der Waals surface area contributed by atoms with E-state index in [0.717, 1.165) is 27.9 Å². The van der Waals surface area contributed by atoms with Crippen molar-refractivity contribution < 1.29 is 23.8 Å². The fraction of sp³-hybridized carbons (Fsp3) is 0.208. The summed E-state index contributed by atoms with van der Waals surface area (Å²) in [6, 6.07) is 11.0. The van der Waals surface area contributed by atoms with Crippen LogP contribution < -0.4 is 24.8 Å². The third-order valence-corrected chi connectivity index (χ3v) is 5.99. The highest BCUT2D eigenvalue weighted by Crippen LogP contribution is 2.38. The van der Waals surface area contributed by atoms with Crippen molar-refractivity contribution in [2.45, 2.75) is 6.92 Å². The van der Waals surface area contributed by atoms with Gasteiger partial charge in [0.25, 0.3) is 5.91 Å². The van der Waals surface area contributed by atoms with E-state index in [1.165, 1.54) is 44.8 Å². The van der Waals surface area contributed by atoms with Gasteiger partial charge in [0.1, 0.15) is 0 Å². The SMILES string of the molecule is COc1cc(C(=O)NCC(=O)Nc2nc(-c3c(C)[nH]c4ccccc34)cs2)cc(OC)c1OC. The number of amides is 2. The molecule has 0 aliphatic heterocycles.